The van der Waals surface area contributed by atoms with Crippen LogP contribution in [-0.4, -0.2) is 16.9 Å². The standard InChI is InChI=1S/C14H15ClN4O/c15-10-1-2-13(11(16)8-10)19-14(20)12(17)7-9-3-5-18-6-4-9/h1-6,8,12H,7,16-17H2,(H,19,20)/t12-/m0/s1. The molecule has 0 bridgehead atoms. The van der Waals surface area contributed by atoms with E-state index in [1.807, 2.05) is 12.1 Å². The van der Waals surface area contributed by atoms with Crippen LogP contribution in [0.5, 0.6) is 0 Å². The zero-order valence-electron chi connectivity index (χ0n) is 10.7. The van der Waals surface area contributed by atoms with E-state index in [2.05, 4.69) is 10.3 Å². The lowest BCUT2D eigenvalue weighted by Gasteiger charge is -2.13. The summed E-state index contributed by atoms with van der Waals surface area (Å²) >= 11 is 5.80. The summed E-state index contributed by atoms with van der Waals surface area (Å²) in [5, 5.41) is 3.21. The van der Waals surface area contributed by atoms with Gasteiger partial charge in [0.05, 0.1) is 17.4 Å². The molecule has 0 radical (unpaired) electrons. The highest BCUT2D eigenvalue weighted by Gasteiger charge is 2.15. The molecule has 0 unspecified atom stereocenters. The molecular weight excluding hydrogens is 276 g/mol. The summed E-state index contributed by atoms with van der Waals surface area (Å²) in [5.74, 6) is -0.296. The van der Waals surface area contributed by atoms with Crippen LogP contribution >= 0.6 is 11.6 Å². The number of anilines is 2. The molecule has 5 nitrogen and oxygen atoms in total. The molecular formula is C14H15ClN4O. The first-order valence-electron chi connectivity index (χ1n) is 6.06. The topological polar surface area (TPSA) is 94.0 Å². The van der Waals surface area contributed by atoms with Crippen molar-refractivity contribution < 1.29 is 4.79 Å². The Balaban J connectivity index is 2.01. The Hall–Kier alpha value is -2.11. The van der Waals surface area contributed by atoms with Crippen LogP contribution in [0.3, 0.4) is 0 Å². The molecule has 2 rings (SSSR count). The van der Waals surface area contributed by atoms with Crippen molar-refractivity contribution in [3.05, 3.63) is 53.3 Å². The van der Waals surface area contributed by atoms with E-state index in [1.165, 1.54) is 0 Å². The summed E-state index contributed by atoms with van der Waals surface area (Å²) in [6.07, 6.45) is 3.76. The minimum absolute atomic E-state index is 0.296. The highest BCUT2D eigenvalue weighted by Crippen LogP contribution is 2.22. The first kappa shape index (κ1) is 14.3. The molecule has 20 heavy (non-hydrogen) atoms. The van der Waals surface area contributed by atoms with E-state index in [0.29, 0.717) is 22.8 Å². The Bertz CT molecular complexity index is 603. The Morgan fingerprint density at radius 3 is 2.65 bits per heavy atom. The fraction of sp³-hybridized carbons (Fsp3) is 0.143. The van der Waals surface area contributed by atoms with Gasteiger partial charge < -0.3 is 16.8 Å². The summed E-state index contributed by atoms with van der Waals surface area (Å²) in [5.41, 5.74) is 13.5. The average Bonchev–Trinajstić information content (AvgIpc) is 2.43. The maximum atomic E-state index is 12.0. The number of hydrogen-bond acceptors (Lipinski definition) is 4. The van der Waals surface area contributed by atoms with Gasteiger partial charge in [0.15, 0.2) is 0 Å². The molecule has 0 aliphatic rings. The van der Waals surface area contributed by atoms with Crippen LogP contribution in [0.25, 0.3) is 0 Å². The second-order valence-corrected chi connectivity index (χ2v) is 4.82. The summed E-state index contributed by atoms with van der Waals surface area (Å²) in [6, 6.07) is 7.86. The van der Waals surface area contributed by atoms with Gasteiger partial charge in [0.2, 0.25) is 5.91 Å². The third-order valence-electron chi connectivity index (χ3n) is 2.81. The van der Waals surface area contributed by atoms with E-state index in [9.17, 15) is 4.79 Å². The van der Waals surface area contributed by atoms with Crippen molar-refractivity contribution >= 4 is 28.9 Å². The molecule has 1 aromatic heterocycles. The largest absolute Gasteiger partial charge is 0.397 e. The van der Waals surface area contributed by atoms with Gasteiger partial charge in [0, 0.05) is 17.4 Å². The summed E-state index contributed by atoms with van der Waals surface area (Å²) in [6.45, 7) is 0. The number of nitrogens with two attached hydrogens (primary N) is 2. The molecule has 5 N–H and O–H groups in total. The third-order valence-corrected chi connectivity index (χ3v) is 3.05. The van der Waals surface area contributed by atoms with Crippen molar-refractivity contribution in [2.75, 3.05) is 11.1 Å². The summed E-state index contributed by atoms with van der Waals surface area (Å²) < 4.78 is 0. The predicted octanol–water partition coefficient (Wildman–Crippen LogP) is 1.83. The lowest BCUT2D eigenvalue weighted by Crippen LogP contribution is -2.37. The summed E-state index contributed by atoms with van der Waals surface area (Å²) in [7, 11) is 0. The predicted molar refractivity (Wildman–Crippen MR) is 80.4 cm³/mol. The molecule has 0 aliphatic carbocycles. The van der Waals surface area contributed by atoms with Crippen LogP contribution in [0, 0.1) is 0 Å². The van der Waals surface area contributed by atoms with Crippen LogP contribution in [0.15, 0.2) is 42.7 Å². The number of rotatable bonds is 4. The van der Waals surface area contributed by atoms with Gasteiger partial charge >= 0.3 is 0 Å². The average molecular weight is 291 g/mol. The summed E-state index contributed by atoms with van der Waals surface area (Å²) in [4.78, 5) is 15.9. The highest BCUT2D eigenvalue weighted by molar-refractivity contribution is 6.31. The second-order valence-electron chi connectivity index (χ2n) is 4.39. The van der Waals surface area contributed by atoms with Crippen molar-refractivity contribution in [1.82, 2.24) is 4.98 Å². The first-order chi connectivity index (χ1) is 9.56. The number of pyridine rings is 1. The number of aromatic nitrogens is 1. The van der Waals surface area contributed by atoms with Crippen molar-refractivity contribution in [2.45, 2.75) is 12.5 Å². The zero-order chi connectivity index (χ0) is 14.5. The second kappa shape index (κ2) is 6.36. The van der Waals surface area contributed by atoms with Crippen molar-refractivity contribution in [2.24, 2.45) is 5.73 Å². The van der Waals surface area contributed by atoms with Gasteiger partial charge in [-0.25, -0.2) is 0 Å². The van der Waals surface area contributed by atoms with E-state index in [-0.39, 0.29) is 5.91 Å². The molecule has 0 aliphatic heterocycles. The monoisotopic (exact) mass is 290 g/mol. The van der Waals surface area contributed by atoms with Gasteiger partial charge in [-0.3, -0.25) is 9.78 Å². The van der Waals surface area contributed by atoms with E-state index in [1.54, 1.807) is 30.6 Å². The molecule has 0 fully saturated rings. The molecule has 1 amide bonds. The number of nitrogens with one attached hydrogen (secondary N) is 1. The van der Waals surface area contributed by atoms with Crippen molar-refractivity contribution in [1.29, 1.82) is 0 Å². The van der Waals surface area contributed by atoms with Crippen LogP contribution in [0.1, 0.15) is 5.56 Å². The first-order valence-corrected chi connectivity index (χ1v) is 6.44. The third kappa shape index (κ3) is 3.69. The lowest BCUT2D eigenvalue weighted by atomic mass is 10.1. The van der Waals surface area contributed by atoms with Crippen LogP contribution in [0.4, 0.5) is 11.4 Å². The molecule has 0 spiro atoms. The van der Waals surface area contributed by atoms with E-state index in [4.69, 9.17) is 23.1 Å². The number of nitrogens with zero attached hydrogens (tertiary/aromatic N) is 1. The lowest BCUT2D eigenvalue weighted by molar-refractivity contribution is -0.117. The van der Waals surface area contributed by atoms with Gasteiger partial charge in [-0.1, -0.05) is 11.6 Å². The van der Waals surface area contributed by atoms with Crippen LogP contribution in [-0.2, 0) is 11.2 Å². The Morgan fingerprint density at radius 2 is 2.00 bits per heavy atom. The van der Waals surface area contributed by atoms with Crippen LogP contribution < -0.4 is 16.8 Å². The Morgan fingerprint density at radius 1 is 1.30 bits per heavy atom. The smallest absolute Gasteiger partial charge is 0.241 e. The highest BCUT2D eigenvalue weighted by atomic mass is 35.5. The number of amides is 1. The normalized spacial score (nSPS) is 11.9. The van der Waals surface area contributed by atoms with E-state index in [0.717, 1.165) is 5.56 Å². The fourth-order valence-electron chi connectivity index (χ4n) is 1.74. The number of carbonyl (C=O) groups excluding carboxylic acids is 1. The molecule has 0 saturated heterocycles. The quantitative estimate of drug-likeness (QED) is 0.749. The molecule has 1 atom stereocenters. The SMILES string of the molecule is Nc1cc(Cl)ccc1NC(=O)[C@@H](N)Cc1ccncc1. The fourth-order valence-corrected chi connectivity index (χ4v) is 1.92. The van der Waals surface area contributed by atoms with Crippen molar-refractivity contribution in [3.8, 4) is 0 Å². The van der Waals surface area contributed by atoms with Gasteiger partial charge in [0.25, 0.3) is 0 Å². The molecule has 104 valence electrons. The van der Waals surface area contributed by atoms with Crippen LogP contribution in [0.2, 0.25) is 5.02 Å². The Labute approximate surface area is 121 Å². The van der Waals surface area contributed by atoms with Crippen molar-refractivity contribution in [3.63, 3.8) is 0 Å². The maximum absolute atomic E-state index is 12.0. The maximum Gasteiger partial charge on any atom is 0.241 e. The van der Waals surface area contributed by atoms with Gasteiger partial charge in [0.1, 0.15) is 0 Å². The Kier molecular flexibility index (Phi) is 4.55. The van der Waals surface area contributed by atoms with Gasteiger partial charge in [-0.2, -0.15) is 0 Å². The molecule has 0 saturated carbocycles. The number of benzene rings is 1. The zero-order valence-corrected chi connectivity index (χ0v) is 11.5. The van der Waals surface area contributed by atoms with E-state index >= 15 is 0 Å². The van der Waals surface area contributed by atoms with E-state index < -0.39 is 6.04 Å². The molecule has 1 heterocycles. The number of carbonyl (C=O) groups is 1. The number of nitrogen functional groups attached to an aromatic ring is 1. The van der Waals surface area contributed by atoms with Gasteiger partial charge in [-0.15, -0.1) is 0 Å². The number of halogens is 1. The minimum Gasteiger partial charge on any atom is -0.397 e. The number of hydrogen-bond donors (Lipinski definition) is 3. The molecule has 1 aromatic carbocycles. The molecule has 6 heteroatoms. The minimum atomic E-state index is -0.660. The molecule has 2 aromatic rings. The van der Waals surface area contributed by atoms with Gasteiger partial charge in [-0.05, 0) is 42.3 Å².